The van der Waals surface area contributed by atoms with Crippen LogP contribution in [0.15, 0.2) is 73.8 Å². The number of aliphatic hydroxyl groups is 1. The third-order valence-corrected chi connectivity index (χ3v) is 11.8. The SMILES string of the molecule is C=CCCC(=O)N(C)[C@H](C)[C@H](OC(=O)[C@@H]1[C@H]2C(=O)N([C@@H](CO)[C@@H](C)CC)[C@H](C(=O)N(CC=C)c3c(C)cccc3Cl)[C@]23CC[C@H]1O3)c1ccccc1. The van der Waals surface area contributed by atoms with Crippen LogP contribution in [0.4, 0.5) is 5.69 Å². The third kappa shape index (κ3) is 6.93. The summed E-state index contributed by atoms with van der Waals surface area (Å²) in [5.41, 5.74) is 0.620. The first-order valence-corrected chi connectivity index (χ1v) is 18.7. The lowest BCUT2D eigenvalue weighted by molar-refractivity contribution is -0.165. The molecule has 3 saturated heterocycles. The molecule has 280 valence electrons. The molecule has 0 radical (unpaired) electrons. The molecular weight excluding hydrogens is 682 g/mol. The molecule has 2 aromatic carbocycles. The molecule has 3 heterocycles. The standard InChI is InChI=1S/C41H52ClN3O7/c1-8-11-20-32(47)43(7)27(6)36(28-17-13-12-14-18-28)51-40(50)33-31-21-22-41(52-31)34(33)38(48)45(30(24-46)25(4)10-3)37(41)39(49)44(23-9-2)35-26(5)16-15-19-29(35)42/h8-9,12-19,25,27,30-31,33-34,36-37,46H,1-2,10-11,20-24H2,3-7H3/t25-,27+,30-,31+,33-,34-,36-,37+,41-/m0/s1. The number of allylic oxidation sites excluding steroid dienone is 1. The minimum atomic E-state index is -1.34. The summed E-state index contributed by atoms with van der Waals surface area (Å²) in [6.45, 7) is 14.9. The second-order valence-electron chi connectivity index (χ2n) is 14.4. The molecule has 11 heteroatoms. The Balaban J connectivity index is 1.56. The van der Waals surface area contributed by atoms with Crippen molar-refractivity contribution in [1.29, 1.82) is 0 Å². The van der Waals surface area contributed by atoms with E-state index < -0.39 is 65.6 Å². The van der Waals surface area contributed by atoms with Crippen molar-refractivity contribution in [3.8, 4) is 0 Å². The number of ether oxygens (including phenoxy) is 2. The number of nitrogens with zero attached hydrogens (tertiary/aromatic N) is 3. The molecule has 0 saturated carbocycles. The van der Waals surface area contributed by atoms with Crippen LogP contribution in [-0.2, 0) is 28.7 Å². The van der Waals surface area contributed by atoms with E-state index in [9.17, 15) is 19.5 Å². The first kappa shape index (κ1) is 39.2. The van der Waals surface area contributed by atoms with Crippen LogP contribution in [0.5, 0.6) is 0 Å². The number of carbonyl (C=O) groups excluding carboxylic acids is 4. The van der Waals surface area contributed by atoms with E-state index in [1.807, 2.05) is 64.1 Å². The number of hydrogen-bond acceptors (Lipinski definition) is 7. The smallest absolute Gasteiger partial charge is 0.313 e. The summed E-state index contributed by atoms with van der Waals surface area (Å²) in [5.74, 6) is -3.78. The van der Waals surface area contributed by atoms with Crippen molar-refractivity contribution in [2.45, 2.75) is 95.7 Å². The highest BCUT2D eigenvalue weighted by Gasteiger charge is 2.76. The third-order valence-electron chi connectivity index (χ3n) is 11.5. The van der Waals surface area contributed by atoms with Gasteiger partial charge < -0.3 is 29.3 Å². The minimum absolute atomic E-state index is 0.111. The zero-order chi connectivity index (χ0) is 37.9. The Morgan fingerprint density at radius 3 is 2.46 bits per heavy atom. The summed E-state index contributed by atoms with van der Waals surface area (Å²) in [5, 5.41) is 11.2. The Morgan fingerprint density at radius 2 is 1.85 bits per heavy atom. The molecule has 0 aromatic heterocycles. The molecule has 0 unspecified atom stereocenters. The lowest BCUT2D eigenvalue weighted by Gasteiger charge is -2.41. The molecule has 3 amide bonds. The van der Waals surface area contributed by atoms with E-state index in [0.29, 0.717) is 42.0 Å². The fraction of sp³-hybridized carbons (Fsp3) is 0.512. The summed E-state index contributed by atoms with van der Waals surface area (Å²) >= 11 is 6.71. The highest BCUT2D eigenvalue weighted by Crippen LogP contribution is 2.60. The van der Waals surface area contributed by atoms with Crippen LogP contribution in [0.3, 0.4) is 0 Å². The number of aryl methyl sites for hydroxylation is 1. The number of anilines is 1. The van der Waals surface area contributed by atoms with Crippen molar-refractivity contribution in [1.82, 2.24) is 9.80 Å². The van der Waals surface area contributed by atoms with Gasteiger partial charge in [-0.15, -0.1) is 13.2 Å². The highest BCUT2D eigenvalue weighted by atomic mass is 35.5. The van der Waals surface area contributed by atoms with E-state index >= 15 is 4.79 Å². The van der Waals surface area contributed by atoms with Gasteiger partial charge in [0.2, 0.25) is 11.8 Å². The average molecular weight is 734 g/mol. The van der Waals surface area contributed by atoms with E-state index in [1.165, 1.54) is 9.80 Å². The van der Waals surface area contributed by atoms with Crippen molar-refractivity contribution in [3.63, 3.8) is 0 Å². The number of rotatable bonds is 16. The van der Waals surface area contributed by atoms with Crippen LogP contribution in [0.2, 0.25) is 5.02 Å². The van der Waals surface area contributed by atoms with Crippen LogP contribution < -0.4 is 4.90 Å². The van der Waals surface area contributed by atoms with Crippen LogP contribution in [0, 0.1) is 24.7 Å². The molecule has 0 aliphatic carbocycles. The normalized spacial score (nSPS) is 25.5. The number of amides is 3. The number of para-hydroxylation sites is 1. The van der Waals surface area contributed by atoms with Crippen molar-refractivity contribution in [3.05, 3.63) is 90.0 Å². The zero-order valence-electron chi connectivity index (χ0n) is 30.9. The topological polar surface area (TPSA) is 117 Å². The number of aliphatic hydroxyl groups excluding tert-OH is 1. The van der Waals surface area contributed by atoms with Crippen molar-refractivity contribution < 1.29 is 33.8 Å². The Labute approximate surface area is 312 Å². The number of hydrogen-bond donors (Lipinski definition) is 1. The molecule has 3 aliphatic rings. The molecule has 2 bridgehead atoms. The molecule has 10 nitrogen and oxygen atoms in total. The predicted octanol–water partition coefficient (Wildman–Crippen LogP) is 6.05. The van der Waals surface area contributed by atoms with Gasteiger partial charge in [0, 0.05) is 20.0 Å². The van der Waals surface area contributed by atoms with E-state index in [1.54, 1.807) is 36.2 Å². The van der Waals surface area contributed by atoms with Crippen LogP contribution in [0.25, 0.3) is 0 Å². The number of fused-ring (bicyclic) bond motifs is 1. The maximum Gasteiger partial charge on any atom is 0.313 e. The van der Waals surface area contributed by atoms with Gasteiger partial charge in [0.15, 0.2) is 0 Å². The number of esters is 1. The molecule has 3 fully saturated rings. The summed E-state index contributed by atoms with van der Waals surface area (Å²) < 4.78 is 13.1. The van der Waals surface area contributed by atoms with E-state index in [2.05, 4.69) is 13.2 Å². The number of likely N-dealkylation sites (N-methyl/N-ethyl adjacent to an activating group) is 1. The van der Waals surface area contributed by atoms with Gasteiger partial charge in [-0.2, -0.15) is 0 Å². The van der Waals surface area contributed by atoms with Gasteiger partial charge >= 0.3 is 5.97 Å². The molecule has 52 heavy (non-hydrogen) atoms. The van der Waals surface area contributed by atoms with E-state index in [4.69, 9.17) is 21.1 Å². The van der Waals surface area contributed by atoms with Gasteiger partial charge in [-0.3, -0.25) is 19.2 Å². The summed E-state index contributed by atoms with van der Waals surface area (Å²) in [7, 11) is 1.68. The summed E-state index contributed by atoms with van der Waals surface area (Å²) in [6, 6.07) is 12.2. The lowest BCUT2D eigenvalue weighted by Crippen LogP contribution is -2.60. The van der Waals surface area contributed by atoms with Crippen molar-refractivity contribution in [2.24, 2.45) is 17.8 Å². The molecule has 5 rings (SSSR count). The quantitative estimate of drug-likeness (QED) is 0.165. The Hall–Kier alpha value is -3.99. The van der Waals surface area contributed by atoms with Gasteiger partial charge in [0.05, 0.1) is 47.3 Å². The largest absolute Gasteiger partial charge is 0.455 e. The summed E-state index contributed by atoms with van der Waals surface area (Å²) in [6.07, 6.45) is 4.00. The van der Waals surface area contributed by atoms with Gasteiger partial charge in [-0.1, -0.05) is 86.5 Å². The Kier molecular flexibility index (Phi) is 12.3. The second kappa shape index (κ2) is 16.4. The Bertz CT molecular complexity index is 1650. The fourth-order valence-corrected chi connectivity index (χ4v) is 8.79. The van der Waals surface area contributed by atoms with Gasteiger partial charge in [-0.05, 0) is 56.2 Å². The zero-order valence-corrected chi connectivity index (χ0v) is 31.6. The van der Waals surface area contributed by atoms with Gasteiger partial charge in [0.1, 0.15) is 17.7 Å². The maximum atomic E-state index is 15.1. The molecule has 1 spiro atoms. The van der Waals surface area contributed by atoms with E-state index in [0.717, 1.165) is 5.56 Å². The molecule has 9 atom stereocenters. The number of benzene rings is 2. The number of halogens is 1. The maximum absolute atomic E-state index is 15.1. The van der Waals surface area contributed by atoms with Crippen LogP contribution in [-0.4, -0.2) is 88.6 Å². The second-order valence-corrected chi connectivity index (χ2v) is 14.8. The first-order chi connectivity index (χ1) is 24.9. The molecular formula is C41H52ClN3O7. The molecule has 1 N–H and O–H groups in total. The monoisotopic (exact) mass is 733 g/mol. The van der Waals surface area contributed by atoms with E-state index in [-0.39, 0.29) is 31.4 Å². The number of carbonyl (C=O) groups is 4. The van der Waals surface area contributed by atoms with Crippen molar-refractivity contribution in [2.75, 3.05) is 25.1 Å². The van der Waals surface area contributed by atoms with Gasteiger partial charge in [-0.25, -0.2) is 0 Å². The summed E-state index contributed by atoms with van der Waals surface area (Å²) in [4.78, 5) is 62.3. The molecule has 3 aliphatic heterocycles. The lowest BCUT2D eigenvalue weighted by atomic mass is 9.70. The van der Waals surface area contributed by atoms with Crippen LogP contribution in [0.1, 0.15) is 70.1 Å². The minimum Gasteiger partial charge on any atom is -0.455 e. The predicted molar refractivity (Wildman–Crippen MR) is 200 cm³/mol. The highest BCUT2D eigenvalue weighted by molar-refractivity contribution is 6.34. The molecule has 2 aromatic rings. The Morgan fingerprint density at radius 1 is 1.13 bits per heavy atom. The fourth-order valence-electron chi connectivity index (χ4n) is 8.47. The van der Waals surface area contributed by atoms with Gasteiger partial charge in [0.25, 0.3) is 5.91 Å². The van der Waals surface area contributed by atoms with Crippen LogP contribution >= 0.6 is 11.6 Å². The number of likely N-dealkylation sites (tertiary alicyclic amines) is 1. The van der Waals surface area contributed by atoms with Crippen molar-refractivity contribution >= 4 is 41.0 Å². The average Bonchev–Trinajstić information content (AvgIpc) is 3.79. The first-order valence-electron chi connectivity index (χ1n) is 18.3.